The van der Waals surface area contributed by atoms with Gasteiger partial charge in [0.15, 0.2) is 11.5 Å². The molecule has 1 fully saturated rings. The highest BCUT2D eigenvalue weighted by atomic mass is 16.6. The van der Waals surface area contributed by atoms with E-state index in [4.69, 9.17) is 18.9 Å². The van der Waals surface area contributed by atoms with Crippen LogP contribution in [0.2, 0.25) is 0 Å². The molecule has 5 rings (SSSR count). The minimum Gasteiger partial charge on any atom is -0.507 e. The number of aliphatic hydroxyl groups excluding tert-OH is 1. The second-order valence-corrected chi connectivity index (χ2v) is 9.19. The van der Waals surface area contributed by atoms with E-state index in [9.17, 15) is 14.7 Å². The molecule has 1 atom stereocenters. The fraction of sp³-hybridized carbons (Fsp3) is 0.267. The van der Waals surface area contributed by atoms with E-state index in [-0.39, 0.29) is 24.5 Å². The predicted molar refractivity (Wildman–Crippen MR) is 140 cm³/mol. The van der Waals surface area contributed by atoms with Crippen molar-refractivity contribution in [2.24, 2.45) is 0 Å². The molecule has 1 amide bonds. The highest BCUT2D eigenvalue weighted by Crippen LogP contribution is 2.41. The van der Waals surface area contributed by atoms with Crippen LogP contribution >= 0.6 is 0 Å². The first-order valence-electron chi connectivity index (χ1n) is 12.4. The number of carbonyl (C=O) groups is 2. The van der Waals surface area contributed by atoms with Gasteiger partial charge in [-0.1, -0.05) is 42.0 Å². The summed E-state index contributed by atoms with van der Waals surface area (Å²) in [4.78, 5) is 27.8. The first kappa shape index (κ1) is 25.4. The van der Waals surface area contributed by atoms with Crippen LogP contribution in [0.25, 0.3) is 5.76 Å². The maximum Gasteiger partial charge on any atom is 0.295 e. The Balaban J connectivity index is 1.51. The molecule has 196 valence electrons. The molecule has 0 aromatic heterocycles. The average molecular weight is 516 g/mol. The maximum atomic E-state index is 13.3. The third-order valence-electron chi connectivity index (χ3n) is 6.59. The highest BCUT2D eigenvalue weighted by Gasteiger charge is 2.46. The Bertz CT molecular complexity index is 1380. The summed E-state index contributed by atoms with van der Waals surface area (Å²) in [5.41, 5.74) is 3.18. The number of hydrogen-bond acceptors (Lipinski definition) is 7. The Hall–Kier alpha value is -4.30. The first-order chi connectivity index (χ1) is 18.5. The van der Waals surface area contributed by atoms with E-state index in [0.29, 0.717) is 48.2 Å². The zero-order chi connectivity index (χ0) is 26.6. The number of hydrogen-bond donors (Lipinski definition) is 1. The molecular formula is C30H29NO7. The van der Waals surface area contributed by atoms with Gasteiger partial charge in [0, 0.05) is 19.2 Å². The number of methoxy groups -OCH3 is 1. The summed E-state index contributed by atoms with van der Waals surface area (Å²) in [6.45, 7) is 3.62. The number of likely N-dealkylation sites (tertiary alicyclic amines) is 1. The van der Waals surface area contributed by atoms with Gasteiger partial charge in [0.05, 0.1) is 18.2 Å². The van der Waals surface area contributed by atoms with Gasteiger partial charge in [0.2, 0.25) is 0 Å². The topological polar surface area (TPSA) is 94.5 Å². The van der Waals surface area contributed by atoms with Crippen molar-refractivity contribution in [3.8, 4) is 17.2 Å². The van der Waals surface area contributed by atoms with Crippen molar-refractivity contribution in [1.82, 2.24) is 4.90 Å². The lowest BCUT2D eigenvalue weighted by molar-refractivity contribution is -0.140. The lowest BCUT2D eigenvalue weighted by atomic mass is 9.95. The molecule has 38 heavy (non-hydrogen) atoms. The summed E-state index contributed by atoms with van der Waals surface area (Å²) >= 11 is 0. The van der Waals surface area contributed by atoms with E-state index in [0.717, 1.165) is 5.56 Å². The van der Waals surface area contributed by atoms with Crippen molar-refractivity contribution in [2.45, 2.75) is 19.6 Å². The number of aryl methyl sites for hydroxylation is 1. The predicted octanol–water partition coefficient (Wildman–Crippen LogP) is 4.41. The highest BCUT2D eigenvalue weighted by molar-refractivity contribution is 6.46. The number of rotatable bonds is 8. The van der Waals surface area contributed by atoms with E-state index in [1.54, 1.807) is 30.3 Å². The summed E-state index contributed by atoms with van der Waals surface area (Å²) in [6.07, 6.45) is 0. The third kappa shape index (κ3) is 5.08. The molecular weight excluding hydrogens is 486 g/mol. The molecule has 1 unspecified atom stereocenters. The van der Waals surface area contributed by atoms with Gasteiger partial charge in [-0.25, -0.2) is 0 Å². The molecule has 0 bridgehead atoms. The number of benzene rings is 3. The molecule has 2 heterocycles. The molecule has 1 saturated heterocycles. The molecule has 2 aliphatic heterocycles. The van der Waals surface area contributed by atoms with Crippen molar-refractivity contribution < 1.29 is 33.6 Å². The number of ether oxygens (including phenoxy) is 4. The van der Waals surface area contributed by atoms with Crippen LogP contribution < -0.4 is 14.2 Å². The van der Waals surface area contributed by atoms with Gasteiger partial charge in [-0.05, 0) is 48.4 Å². The second-order valence-electron chi connectivity index (χ2n) is 9.19. The Morgan fingerprint density at radius 3 is 2.53 bits per heavy atom. The molecule has 3 aromatic rings. The second kappa shape index (κ2) is 11.0. The van der Waals surface area contributed by atoms with E-state index >= 15 is 0 Å². The van der Waals surface area contributed by atoms with Gasteiger partial charge in [-0.2, -0.15) is 0 Å². The van der Waals surface area contributed by atoms with Gasteiger partial charge in [-0.3, -0.25) is 9.59 Å². The largest absolute Gasteiger partial charge is 0.507 e. The van der Waals surface area contributed by atoms with Gasteiger partial charge in [0.25, 0.3) is 11.7 Å². The van der Waals surface area contributed by atoms with E-state index in [2.05, 4.69) is 0 Å². The fourth-order valence-corrected chi connectivity index (χ4v) is 4.62. The Kier molecular flexibility index (Phi) is 7.33. The van der Waals surface area contributed by atoms with E-state index < -0.39 is 17.7 Å². The molecule has 3 aromatic carbocycles. The number of Topliss-reactive ketones (excluding diaryl/α,β-unsaturated/α-hetero) is 1. The van der Waals surface area contributed by atoms with Gasteiger partial charge < -0.3 is 29.0 Å². The first-order valence-corrected chi connectivity index (χ1v) is 12.4. The third-order valence-corrected chi connectivity index (χ3v) is 6.59. The number of fused-ring (bicyclic) bond motifs is 1. The van der Waals surface area contributed by atoms with Crippen LogP contribution in [0.4, 0.5) is 0 Å². The zero-order valence-electron chi connectivity index (χ0n) is 21.3. The molecule has 8 heteroatoms. The standard InChI is InChI=1S/C30H29NO7/c1-19-6-8-20(9-7-19)18-38-23-5-3-4-21(16-23)27-26(29(33)30(34)31(27)12-13-35-2)28(32)22-10-11-24-25(17-22)37-15-14-36-24/h3-11,16-17,27,32H,12-15,18H2,1-2H3/b28-26-. The molecule has 2 aliphatic rings. The minimum absolute atomic E-state index is 0.00142. The Labute approximate surface area is 221 Å². The number of amides is 1. The molecule has 0 spiro atoms. The van der Waals surface area contributed by atoms with Crippen LogP contribution in [0.15, 0.2) is 72.3 Å². The molecule has 0 radical (unpaired) electrons. The summed E-state index contributed by atoms with van der Waals surface area (Å²) < 4.78 is 22.4. The fourth-order valence-electron chi connectivity index (χ4n) is 4.62. The number of ketones is 1. The SMILES string of the molecule is COCCN1C(=O)C(=O)/C(=C(\O)c2ccc3c(c2)OCCO3)C1c1cccc(OCc2ccc(C)cc2)c1. The number of aliphatic hydroxyl groups is 1. The lowest BCUT2D eigenvalue weighted by Crippen LogP contribution is -2.32. The number of nitrogens with zero attached hydrogens (tertiary/aromatic N) is 1. The summed E-state index contributed by atoms with van der Waals surface area (Å²) in [6, 6.07) is 19.4. The van der Waals surface area contributed by atoms with Gasteiger partial charge in [0.1, 0.15) is 31.3 Å². The minimum atomic E-state index is -0.818. The number of carbonyl (C=O) groups excluding carboxylic acids is 2. The Morgan fingerprint density at radius 2 is 1.76 bits per heavy atom. The Morgan fingerprint density at radius 1 is 1.00 bits per heavy atom. The molecule has 0 aliphatic carbocycles. The van der Waals surface area contributed by atoms with Gasteiger partial charge in [-0.15, -0.1) is 0 Å². The van der Waals surface area contributed by atoms with Gasteiger partial charge >= 0.3 is 0 Å². The lowest BCUT2D eigenvalue weighted by Gasteiger charge is -2.25. The van der Waals surface area contributed by atoms with Crippen molar-refractivity contribution in [3.63, 3.8) is 0 Å². The van der Waals surface area contributed by atoms with Crippen LogP contribution in [0, 0.1) is 6.92 Å². The van der Waals surface area contributed by atoms with Crippen molar-refractivity contribution in [1.29, 1.82) is 0 Å². The smallest absolute Gasteiger partial charge is 0.295 e. The van der Waals surface area contributed by atoms with Crippen molar-refractivity contribution in [3.05, 3.63) is 94.6 Å². The average Bonchev–Trinajstić information content (AvgIpc) is 3.20. The molecule has 1 N–H and O–H groups in total. The van der Waals surface area contributed by atoms with Crippen LogP contribution in [-0.4, -0.2) is 55.2 Å². The normalized spacial score (nSPS) is 18.1. The molecule has 0 saturated carbocycles. The quantitative estimate of drug-likeness (QED) is 0.270. The van der Waals surface area contributed by atoms with Crippen molar-refractivity contribution >= 4 is 17.4 Å². The maximum absolute atomic E-state index is 13.3. The summed E-state index contributed by atoms with van der Waals surface area (Å²) in [5, 5.41) is 11.3. The van der Waals surface area contributed by atoms with Crippen LogP contribution in [0.1, 0.15) is 28.3 Å². The zero-order valence-corrected chi connectivity index (χ0v) is 21.3. The monoisotopic (exact) mass is 515 g/mol. The summed E-state index contributed by atoms with van der Waals surface area (Å²) in [5.74, 6) is -0.127. The van der Waals surface area contributed by atoms with E-state index in [1.807, 2.05) is 43.3 Å². The molecule has 8 nitrogen and oxygen atoms in total. The van der Waals surface area contributed by atoms with Crippen LogP contribution in [0.5, 0.6) is 17.2 Å². The van der Waals surface area contributed by atoms with Crippen molar-refractivity contribution in [2.75, 3.05) is 33.5 Å². The summed E-state index contributed by atoms with van der Waals surface area (Å²) in [7, 11) is 1.53. The van der Waals surface area contributed by atoms with E-state index in [1.165, 1.54) is 17.6 Å². The van der Waals surface area contributed by atoms with Crippen LogP contribution in [-0.2, 0) is 20.9 Å². The van der Waals surface area contributed by atoms with Crippen LogP contribution in [0.3, 0.4) is 0 Å².